The van der Waals surface area contributed by atoms with Crippen molar-refractivity contribution in [2.24, 2.45) is 0 Å². The molecule has 0 fully saturated rings. The zero-order chi connectivity index (χ0) is 14.0. The number of hydrogen-bond acceptors (Lipinski definition) is 2. The minimum Gasteiger partial charge on any atom is -0.266 e. The largest absolute Gasteiger partial charge is 0.433 e. The fraction of sp³-hybridized carbons (Fsp3) is 0.333. The SMILES string of the molecule is [B]c1cnn(C(CC)c2ccnc(C(F)(F)F)c2)c1. The highest BCUT2D eigenvalue weighted by Gasteiger charge is 2.33. The highest BCUT2D eigenvalue weighted by molar-refractivity contribution is 6.31. The van der Waals surface area contributed by atoms with E-state index in [0.717, 1.165) is 12.3 Å². The van der Waals surface area contributed by atoms with Gasteiger partial charge in [-0.3, -0.25) is 9.67 Å². The summed E-state index contributed by atoms with van der Waals surface area (Å²) < 4.78 is 39.5. The van der Waals surface area contributed by atoms with Crippen molar-refractivity contribution in [3.63, 3.8) is 0 Å². The van der Waals surface area contributed by atoms with Gasteiger partial charge in [0.2, 0.25) is 0 Å². The number of nitrogens with zero attached hydrogens (tertiary/aromatic N) is 3. The summed E-state index contributed by atoms with van der Waals surface area (Å²) in [5.41, 5.74) is 0.0834. The molecule has 2 heterocycles. The van der Waals surface area contributed by atoms with Crippen LogP contribution >= 0.6 is 0 Å². The third-order valence-electron chi connectivity index (χ3n) is 2.79. The maximum atomic E-state index is 12.6. The van der Waals surface area contributed by atoms with Gasteiger partial charge in [0.15, 0.2) is 0 Å². The first-order chi connectivity index (χ1) is 8.91. The first-order valence-electron chi connectivity index (χ1n) is 5.74. The van der Waals surface area contributed by atoms with E-state index in [4.69, 9.17) is 7.85 Å². The lowest BCUT2D eigenvalue weighted by Crippen LogP contribution is -2.14. The smallest absolute Gasteiger partial charge is 0.266 e. The van der Waals surface area contributed by atoms with Crippen LogP contribution in [0.25, 0.3) is 0 Å². The van der Waals surface area contributed by atoms with Gasteiger partial charge < -0.3 is 0 Å². The fourth-order valence-electron chi connectivity index (χ4n) is 1.91. The van der Waals surface area contributed by atoms with Gasteiger partial charge >= 0.3 is 6.18 Å². The number of pyridine rings is 1. The van der Waals surface area contributed by atoms with E-state index in [1.54, 1.807) is 16.9 Å². The van der Waals surface area contributed by atoms with E-state index in [9.17, 15) is 13.2 Å². The van der Waals surface area contributed by atoms with Crippen LogP contribution in [0.4, 0.5) is 13.2 Å². The number of aromatic nitrogens is 3. The van der Waals surface area contributed by atoms with Crippen molar-refractivity contribution in [2.45, 2.75) is 25.6 Å². The Morgan fingerprint density at radius 1 is 1.42 bits per heavy atom. The van der Waals surface area contributed by atoms with Crippen molar-refractivity contribution in [1.82, 2.24) is 14.8 Å². The van der Waals surface area contributed by atoms with Crippen LogP contribution in [0.15, 0.2) is 30.7 Å². The van der Waals surface area contributed by atoms with Crippen molar-refractivity contribution in [3.8, 4) is 0 Å². The molecule has 1 atom stereocenters. The van der Waals surface area contributed by atoms with E-state index in [1.165, 1.54) is 6.20 Å². The van der Waals surface area contributed by atoms with Gasteiger partial charge in [-0.15, -0.1) is 0 Å². The molecule has 2 aromatic heterocycles. The quantitative estimate of drug-likeness (QED) is 0.795. The van der Waals surface area contributed by atoms with Gasteiger partial charge in [-0.1, -0.05) is 12.4 Å². The van der Waals surface area contributed by atoms with Gasteiger partial charge in [0, 0.05) is 18.6 Å². The lowest BCUT2D eigenvalue weighted by Gasteiger charge is -2.17. The van der Waals surface area contributed by atoms with Crippen LogP contribution in [0.1, 0.15) is 30.6 Å². The molecule has 2 rings (SSSR count). The van der Waals surface area contributed by atoms with Gasteiger partial charge in [-0.05, 0) is 24.1 Å². The molecule has 0 aliphatic carbocycles. The fourth-order valence-corrected chi connectivity index (χ4v) is 1.91. The highest BCUT2D eigenvalue weighted by atomic mass is 19.4. The maximum Gasteiger partial charge on any atom is 0.433 e. The number of hydrogen-bond donors (Lipinski definition) is 0. The van der Waals surface area contributed by atoms with Crippen LogP contribution in [-0.4, -0.2) is 22.6 Å². The zero-order valence-corrected chi connectivity index (χ0v) is 10.2. The summed E-state index contributed by atoms with van der Waals surface area (Å²) >= 11 is 0. The standard InChI is InChI=1S/C12H11BF3N3/c1-2-10(19-7-9(13)6-18-19)8-3-4-17-11(5-8)12(14,15)16/h3-7,10H,2H2,1H3. The predicted octanol–water partition coefficient (Wildman–Crippen LogP) is 2.09. The normalized spacial score (nSPS) is 13.5. The Morgan fingerprint density at radius 3 is 2.68 bits per heavy atom. The van der Waals surface area contributed by atoms with Crippen molar-refractivity contribution in [2.75, 3.05) is 0 Å². The van der Waals surface area contributed by atoms with Crippen molar-refractivity contribution >= 4 is 13.3 Å². The maximum absolute atomic E-state index is 12.6. The van der Waals surface area contributed by atoms with Crippen molar-refractivity contribution < 1.29 is 13.2 Å². The molecule has 0 aliphatic heterocycles. The summed E-state index contributed by atoms with van der Waals surface area (Å²) in [6.45, 7) is 1.87. The molecular weight excluding hydrogens is 254 g/mol. The number of halogens is 3. The third kappa shape index (κ3) is 2.97. The molecule has 19 heavy (non-hydrogen) atoms. The molecule has 1 unspecified atom stereocenters. The van der Waals surface area contributed by atoms with Crippen molar-refractivity contribution in [3.05, 3.63) is 42.0 Å². The summed E-state index contributed by atoms with van der Waals surface area (Å²) in [7, 11) is 5.57. The molecule has 0 saturated heterocycles. The van der Waals surface area contributed by atoms with Crippen LogP contribution in [0.5, 0.6) is 0 Å². The first-order valence-corrected chi connectivity index (χ1v) is 5.74. The molecule has 0 N–H and O–H groups in total. The third-order valence-corrected chi connectivity index (χ3v) is 2.79. The van der Waals surface area contributed by atoms with Crippen LogP contribution in [0.3, 0.4) is 0 Å². The monoisotopic (exact) mass is 265 g/mol. The van der Waals surface area contributed by atoms with Gasteiger partial charge in [0.1, 0.15) is 13.5 Å². The van der Waals surface area contributed by atoms with Crippen LogP contribution in [-0.2, 0) is 6.18 Å². The van der Waals surface area contributed by atoms with Crippen molar-refractivity contribution in [1.29, 1.82) is 0 Å². The summed E-state index contributed by atoms with van der Waals surface area (Å²) in [5, 5.41) is 4.05. The molecule has 0 spiro atoms. The van der Waals surface area contributed by atoms with Gasteiger partial charge in [-0.2, -0.15) is 18.3 Å². The summed E-state index contributed by atoms with van der Waals surface area (Å²) in [6, 6.07) is 2.31. The molecule has 0 bridgehead atoms. The second-order valence-corrected chi connectivity index (χ2v) is 4.15. The van der Waals surface area contributed by atoms with Gasteiger partial charge in [-0.25, -0.2) is 0 Å². The Balaban J connectivity index is 2.39. The molecule has 2 aromatic rings. The number of alkyl halides is 3. The molecule has 7 heteroatoms. The Labute approximate surface area is 109 Å². The van der Waals surface area contributed by atoms with Crippen LogP contribution < -0.4 is 5.46 Å². The zero-order valence-electron chi connectivity index (χ0n) is 10.2. The average Bonchev–Trinajstić information content (AvgIpc) is 2.76. The molecule has 2 radical (unpaired) electrons. The lowest BCUT2D eigenvalue weighted by atomic mass is 10.0. The van der Waals surface area contributed by atoms with E-state index in [1.807, 2.05) is 6.92 Å². The lowest BCUT2D eigenvalue weighted by molar-refractivity contribution is -0.141. The molecule has 3 nitrogen and oxygen atoms in total. The van der Waals surface area contributed by atoms with Gasteiger partial charge in [0.05, 0.1) is 6.04 Å². The molecule has 0 aliphatic rings. The minimum absolute atomic E-state index is 0.290. The topological polar surface area (TPSA) is 30.7 Å². The number of rotatable bonds is 3. The summed E-state index contributed by atoms with van der Waals surface area (Å²) in [4.78, 5) is 3.35. The van der Waals surface area contributed by atoms with E-state index < -0.39 is 11.9 Å². The molecule has 0 aromatic carbocycles. The Morgan fingerprint density at radius 2 is 2.16 bits per heavy atom. The summed E-state index contributed by atoms with van der Waals surface area (Å²) in [6.07, 6.45) is 0.379. The second-order valence-electron chi connectivity index (χ2n) is 4.15. The Bertz CT molecular complexity index is 565. The van der Waals surface area contributed by atoms with Gasteiger partial charge in [0.25, 0.3) is 0 Å². The molecule has 0 saturated carbocycles. The minimum atomic E-state index is -4.45. The second kappa shape index (κ2) is 5.07. The van der Waals surface area contributed by atoms with E-state index in [2.05, 4.69) is 10.1 Å². The first kappa shape index (κ1) is 13.6. The van der Waals surface area contributed by atoms with Crippen LogP contribution in [0, 0.1) is 0 Å². The highest BCUT2D eigenvalue weighted by Crippen LogP contribution is 2.30. The average molecular weight is 265 g/mol. The molecular formula is C12H11BF3N3. The summed E-state index contributed by atoms with van der Waals surface area (Å²) in [5.74, 6) is 0. The molecule has 0 amide bonds. The van der Waals surface area contributed by atoms with E-state index >= 15 is 0 Å². The van der Waals surface area contributed by atoms with E-state index in [0.29, 0.717) is 17.4 Å². The predicted molar refractivity (Wildman–Crippen MR) is 65.3 cm³/mol. The molecule has 98 valence electrons. The van der Waals surface area contributed by atoms with Crippen LogP contribution in [0.2, 0.25) is 0 Å². The Kier molecular flexibility index (Phi) is 3.64. The Hall–Kier alpha value is -1.79. The van der Waals surface area contributed by atoms with E-state index in [-0.39, 0.29) is 6.04 Å².